The van der Waals surface area contributed by atoms with Gasteiger partial charge in [-0.05, 0) is 6.07 Å². The van der Waals surface area contributed by atoms with Gasteiger partial charge < -0.3 is 10.5 Å². The largest absolute Gasteiger partial charge is 0.490 e. The molecule has 1 aliphatic carbocycles. The molecule has 2 nitrogen and oxygen atoms in total. The van der Waals surface area contributed by atoms with Crippen LogP contribution in [0.15, 0.2) is 24.3 Å². The van der Waals surface area contributed by atoms with Gasteiger partial charge in [-0.25, -0.2) is 0 Å². The minimum absolute atomic E-state index is 0.0699. The van der Waals surface area contributed by atoms with Crippen LogP contribution in [0.25, 0.3) is 0 Å². The second-order valence-electron chi connectivity index (χ2n) is 3.80. The van der Waals surface area contributed by atoms with E-state index in [0.29, 0.717) is 6.10 Å². The van der Waals surface area contributed by atoms with Gasteiger partial charge in [-0.1, -0.05) is 18.2 Å². The lowest BCUT2D eigenvalue weighted by molar-refractivity contribution is 0.00994. The number of benzene rings is 1. The molecule has 0 radical (unpaired) electrons. The van der Waals surface area contributed by atoms with Gasteiger partial charge in [0, 0.05) is 18.4 Å². The van der Waals surface area contributed by atoms with Gasteiger partial charge in [0.25, 0.3) is 0 Å². The van der Waals surface area contributed by atoms with E-state index in [1.807, 2.05) is 18.2 Å². The van der Waals surface area contributed by atoms with Gasteiger partial charge >= 0.3 is 0 Å². The zero-order valence-electron chi connectivity index (χ0n) is 6.79. The summed E-state index contributed by atoms with van der Waals surface area (Å²) in [6, 6.07) is 8.09. The molecule has 2 N–H and O–H groups in total. The maximum absolute atomic E-state index is 6.18. The Hall–Kier alpha value is -1.02. The first-order chi connectivity index (χ1) is 5.78. The van der Waals surface area contributed by atoms with Crippen molar-refractivity contribution in [2.75, 3.05) is 0 Å². The predicted molar refractivity (Wildman–Crippen MR) is 46.0 cm³/mol. The first kappa shape index (κ1) is 6.49. The average Bonchev–Trinajstić information content (AvgIpc) is 2.03. The molecule has 1 saturated carbocycles. The molecule has 12 heavy (non-hydrogen) atoms. The molecule has 0 amide bonds. The Morgan fingerprint density at radius 1 is 1.33 bits per heavy atom. The average molecular weight is 161 g/mol. The van der Waals surface area contributed by atoms with E-state index < -0.39 is 0 Å². The summed E-state index contributed by atoms with van der Waals surface area (Å²) < 4.78 is 5.68. The Morgan fingerprint density at radius 2 is 2.08 bits per heavy atom. The monoisotopic (exact) mass is 161 g/mol. The fraction of sp³-hybridized carbons (Fsp3) is 0.400. The van der Waals surface area contributed by atoms with Crippen LogP contribution < -0.4 is 10.5 Å². The first-order valence-corrected chi connectivity index (χ1v) is 4.33. The fourth-order valence-corrected chi connectivity index (χ4v) is 2.22. The molecule has 1 aromatic rings. The van der Waals surface area contributed by atoms with Crippen molar-refractivity contribution in [3.05, 3.63) is 29.8 Å². The summed E-state index contributed by atoms with van der Waals surface area (Å²) in [5.74, 6) is 0.988. The van der Waals surface area contributed by atoms with E-state index in [9.17, 15) is 0 Å². The molecule has 1 fully saturated rings. The molecule has 1 aromatic carbocycles. The van der Waals surface area contributed by atoms with Gasteiger partial charge in [0.1, 0.15) is 11.9 Å². The number of ether oxygens (including phenoxy) is 1. The van der Waals surface area contributed by atoms with Gasteiger partial charge in [-0.3, -0.25) is 0 Å². The SMILES string of the molecule is NC12CC(C1)Oc1ccccc12. The zero-order valence-corrected chi connectivity index (χ0v) is 6.79. The second kappa shape index (κ2) is 1.83. The molecular weight excluding hydrogens is 150 g/mol. The molecule has 62 valence electrons. The van der Waals surface area contributed by atoms with Crippen LogP contribution in [0.5, 0.6) is 5.75 Å². The number of rotatable bonds is 0. The Morgan fingerprint density at radius 3 is 2.83 bits per heavy atom. The highest BCUT2D eigenvalue weighted by Crippen LogP contribution is 2.49. The molecule has 0 saturated heterocycles. The number of hydrogen-bond donors (Lipinski definition) is 1. The lowest BCUT2D eigenvalue weighted by Gasteiger charge is -2.50. The maximum atomic E-state index is 6.18. The fourth-order valence-electron chi connectivity index (χ4n) is 2.22. The third-order valence-electron chi connectivity index (χ3n) is 2.90. The lowest BCUT2D eigenvalue weighted by Crippen LogP contribution is -2.57. The van der Waals surface area contributed by atoms with Crippen LogP contribution in [0.4, 0.5) is 0 Å². The van der Waals surface area contributed by atoms with Crippen LogP contribution >= 0.6 is 0 Å². The molecular formula is C10H11NO. The highest BCUT2D eigenvalue weighted by atomic mass is 16.5. The van der Waals surface area contributed by atoms with Crippen LogP contribution in [0.2, 0.25) is 0 Å². The smallest absolute Gasteiger partial charge is 0.124 e. The summed E-state index contributed by atoms with van der Waals surface area (Å²) in [5.41, 5.74) is 7.29. The van der Waals surface area contributed by atoms with Crippen molar-refractivity contribution in [1.29, 1.82) is 0 Å². The molecule has 2 heteroatoms. The van der Waals surface area contributed by atoms with E-state index in [-0.39, 0.29) is 5.54 Å². The second-order valence-corrected chi connectivity index (χ2v) is 3.80. The Labute approximate surface area is 71.3 Å². The van der Waals surface area contributed by atoms with E-state index in [4.69, 9.17) is 10.5 Å². The van der Waals surface area contributed by atoms with E-state index in [1.165, 1.54) is 5.56 Å². The van der Waals surface area contributed by atoms with Crippen molar-refractivity contribution >= 4 is 0 Å². The van der Waals surface area contributed by atoms with Crippen LogP contribution in [-0.2, 0) is 5.54 Å². The summed E-state index contributed by atoms with van der Waals surface area (Å²) in [7, 11) is 0. The van der Waals surface area contributed by atoms with Gasteiger partial charge in [0.15, 0.2) is 0 Å². The molecule has 4 rings (SSSR count). The summed E-state index contributed by atoms with van der Waals surface area (Å²) in [4.78, 5) is 0. The van der Waals surface area contributed by atoms with Crippen molar-refractivity contribution in [1.82, 2.24) is 0 Å². The minimum Gasteiger partial charge on any atom is -0.490 e. The molecule has 0 spiro atoms. The summed E-state index contributed by atoms with van der Waals surface area (Å²) in [6.45, 7) is 0. The topological polar surface area (TPSA) is 35.2 Å². The van der Waals surface area contributed by atoms with Gasteiger partial charge in [0.05, 0.1) is 5.54 Å². The van der Waals surface area contributed by atoms with E-state index >= 15 is 0 Å². The molecule has 0 aromatic heterocycles. The summed E-state index contributed by atoms with van der Waals surface area (Å²) in [6.07, 6.45) is 2.36. The minimum atomic E-state index is -0.0699. The van der Waals surface area contributed by atoms with Crippen molar-refractivity contribution in [3.8, 4) is 5.75 Å². The number of nitrogens with two attached hydrogens (primary N) is 1. The Bertz CT molecular complexity index is 328. The highest BCUT2D eigenvalue weighted by molar-refractivity contribution is 5.44. The summed E-state index contributed by atoms with van der Waals surface area (Å²) in [5, 5.41) is 0. The van der Waals surface area contributed by atoms with E-state index in [1.54, 1.807) is 0 Å². The predicted octanol–water partition coefficient (Wildman–Crippen LogP) is 1.40. The molecule has 0 unspecified atom stereocenters. The quantitative estimate of drug-likeness (QED) is 0.624. The van der Waals surface area contributed by atoms with Crippen LogP contribution in [-0.4, -0.2) is 6.10 Å². The first-order valence-electron chi connectivity index (χ1n) is 4.33. The standard InChI is InChI=1S/C10H11NO/c11-10-5-7(6-10)12-9-4-2-1-3-8(9)10/h1-4,7H,5-6,11H2. The third-order valence-corrected chi connectivity index (χ3v) is 2.90. The van der Waals surface area contributed by atoms with Crippen molar-refractivity contribution in [2.24, 2.45) is 5.73 Å². The Balaban J connectivity index is 2.20. The molecule has 3 aliphatic rings. The lowest BCUT2D eigenvalue weighted by atomic mass is 9.68. The van der Waals surface area contributed by atoms with Crippen molar-refractivity contribution in [2.45, 2.75) is 24.5 Å². The van der Waals surface area contributed by atoms with Gasteiger partial charge in [-0.15, -0.1) is 0 Å². The van der Waals surface area contributed by atoms with Crippen LogP contribution in [0, 0.1) is 0 Å². The Kier molecular flexibility index (Phi) is 0.989. The van der Waals surface area contributed by atoms with Crippen LogP contribution in [0.3, 0.4) is 0 Å². The summed E-state index contributed by atoms with van der Waals surface area (Å²) >= 11 is 0. The number of para-hydroxylation sites is 1. The van der Waals surface area contributed by atoms with E-state index in [0.717, 1.165) is 18.6 Å². The van der Waals surface area contributed by atoms with Crippen LogP contribution in [0.1, 0.15) is 18.4 Å². The zero-order chi connectivity index (χ0) is 8.18. The van der Waals surface area contributed by atoms with E-state index in [2.05, 4.69) is 6.07 Å². The maximum Gasteiger partial charge on any atom is 0.124 e. The van der Waals surface area contributed by atoms with Crippen molar-refractivity contribution < 1.29 is 4.74 Å². The highest BCUT2D eigenvalue weighted by Gasteiger charge is 2.49. The molecule has 2 heterocycles. The molecule has 2 bridgehead atoms. The van der Waals surface area contributed by atoms with Crippen molar-refractivity contribution in [3.63, 3.8) is 0 Å². The molecule has 0 atom stereocenters. The van der Waals surface area contributed by atoms with Gasteiger partial charge in [0.2, 0.25) is 0 Å². The normalized spacial score (nSPS) is 36.2. The molecule has 2 aliphatic heterocycles. The number of hydrogen-bond acceptors (Lipinski definition) is 2. The third kappa shape index (κ3) is 0.636. The van der Waals surface area contributed by atoms with Gasteiger partial charge in [-0.2, -0.15) is 0 Å².